The molecule has 0 spiro atoms. The Morgan fingerprint density at radius 2 is 2.08 bits per heavy atom. The second-order valence-corrected chi connectivity index (χ2v) is 5.95. The molecule has 3 aromatic heterocycles. The average Bonchev–Trinajstić information content (AvgIpc) is 3.29. The molecule has 1 aliphatic heterocycles. The number of aliphatic hydroxyl groups is 3. The number of halogens is 1. The van der Waals surface area contributed by atoms with Crippen LogP contribution in [-0.2, 0) is 4.74 Å². The Kier molecular flexibility index (Phi) is 3.78. The largest absolute Gasteiger partial charge is 0.472 e. The first-order valence-corrected chi connectivity index (χ1v) is 7.65. The summed E-state index contributed by atoms with van der Waals surface area (Å²) in [4.78, 5) is 8.48. The van der Waals surface area contributed by atoms with Gasteiger partial charge in [-0.1, -0.05) is 11.6 Å². The van der Waals surface area contributed by atoms with E-state index in [1.54, 1.807) is 18.5 Å². The maximum Gasteiger partial charge on any atom is 0.164 e. The van der Waals surface area contributed by atoms with Gasteiger partial charge in [0.15, 0.2) is 6.23 Å². The third-order valence-corrected chi connectivity index (χ3v) is 4.44. The van der Waals surface area contributed by atoms with E-state index in [0.717, 1.165) is 5.56 Å². The molecule has 24 heavy (non-hydrogen) atoms. The Labute approximate surface area is 140 Å². The highest BCUT2D eigenvalue weighted by molar-refractivity contribution is 6.36. The number of aliphatic hydroxyl groups excluding tert-OH is 3. The normalized spacial score (nSPS) is 27.2. The second-order valence-electron chi connectivity index (χ2n) is 5.55. The Hall–Kier alpha value is -1.97. The zero-order chi connectivity index (χ0) is 16.8. The molecule has 1 unspecified atom stereocenters. The van der Waals surface area contributed by atoms with Gasteiger partial charge in [0.1, 0.15) is 30.3 Å². The van der Waals surface area contributed by atoms with E-state index in [0.29, 0.717) is 21.7 Å². The lowest BCUT2D eigenvalue weighted by molar-refractivity contribution is -0.0508. The van der Waals surface area contributed by atoms with Crippen LogP contribution in [0.25, 0.3) is 22.3 Å². The van der Waals surface area contributed by atoms with Crippen LogP contribution in [0.1, 0.15) is 6.23 Å². The van der Waals surface area contributed by atoms with Gasteiger partial charge in [0.2, 0.25) is 0 Å². The topological polar surface area (TPSA) is 114 Å². The van der Waals surface area contributed by atoms with Crippen molar-refractivity contribution in [2.24, 2.45) is 0 Å². The molecule has 0 saturated carbocycles. The molecule has 4 heterocycles. The minimum absolute atomic E-state index is 0.375. The summed E-state index contributed by atoms with van der Waals surface area (Å²) in [5.74, 6) is 0. The van der Waals surface area contributed by atoms with Crippen molar-refractivity contribution in [3.8, 4) is 11.3 Å². The molecule has 8 nitrogen and oxygen atoms in total. The van der Waals surface area contributed by atoms with E-state index in [-0.39, 0.29) is 0 Å². The lowest BCUT2D eigenvalue weighted by Crippen LogP contribution is -2.33. The number of hydrogen-bond donors (Lipinski definition) is 3. The Morgan fingerprint density at radius 1 is 1.25 bits per heavy atom. The van der Waals surface area contributed by atoms with Crippen molar-refractivity contribution in [1.29, 1.82) is 0 Å². The Balaban J connectivity index is 1.86. The Bertz CT molecular complexity index is 866. The van der Waals surface area contributed by atoms with Crippen molar-refractivity contribution in [3.05, 3.63) is 36.1 Å². The van der Waals surface area contributed by atoms with Crippen LogP contribution < -0.4 is 0 Å². The summed E-state index contributed by atoms with van der Waals surface area (Å²) < 4.78 is 12.2. The molecule has 1 saturated heterocycles. The summed E-state index contributed by atoms with van der Waals surface area (Å²) in [7, 11) is 0. The van der Waals surface area contributed by atoms with Gasteiger partial charge in [-0.15, -0.1) is 0 Å². The number of rotatable bonds is 3. The first-order chi connectivity index (χ1) is 11.6. The molecule has 0 aromatic carbocycles. The van der Waals surface area contributed by atoms with Crippen LogP contribution in [0.15, 0.2) is 35.5 Å². The molecule has 9 heteroatoms. The van der Waals surface area contributed by atoms with E-state index >= 15 is 0 Å². The lowest BCUT2D eigenvalue weighted by Gasteiger charge is -2.17. The Morgan fingerprint density at radius 3 is 2.75 bits per heavy atom. The molecule has 4 atom stereocenters. The third-order valence-electron chi connectivity index (χ3n) is 4.15. The molecule has 1 fully saturated rings. The predicted molar refractivity (Wildman–Crippen MR) is 83.2 cm³/mol. The molecular weight excluding hydrogens is 338 g/mol. The number of ether oxygens (including phenoxy) is 1. The average molecular weight is 352 g/mol. The van der Waals surface area contributed by atoms with E-state index in [4.69, 9.17) is 20.8 Å². The summed E-state index contributed by atoms with van der Waals surface area (Å²) in [6.45, 7) is -0.406. The first-order valence-electron chi connectivity index (χ1n) is 7.28. The van der Waals surface area contributed by atoms with Gasteiger partial charge in [0.25, 0.3) is 0 Å². The van der Waals surface area contributed by atoms with Gasteiger partial charge in [0.05, 0.1) is 35.2 Å². The molecule has 1 aliphatic rings. The number of aromatic nitrogens is 3. The van der Waals surface area contributed by atoms with Crippen LogP contribution in [0.2, 0.25) is 5.02 Å². The van der Waals surface area contributed by atoms with E-state index in [2.05, 4.69) is 9.97 Å². The fourth-order valence-electron chi connectivity index (χ4n) is 2.96. The highest BCUT2D eigenvalue weighted by Crippen LogP contribution is 2.37. The summed E-state index contributed by atoms with van der Waals surface area (Å²) in [6.07, 6.45) is 1.79. The van der Waals surface area contributed by atoms with E-state index in [9.17, 15) is 15.3 Å². The van der Waals surface area contributed by atoms with Crippen LogP contribution in [-0.4, -0.2) is 54.8 Å². The molecule has 0 radical (unpaired) electrons. The molecular formula is C15H14ClN3O5. The highest BCUT2D eigenvalue weighted by atomic mass is 35.5. The summed E-state index contributed by atoms with van der Waals surface area (Å²) >= 11 is 6.35. The summed E-state index contributed by atoms with van der Waals surface area (Å²) in [5, 5.41) is 30.4. The van der Waals surface area contributed by atoms with Crippen molar-refractivity contribution in [1.82, 2.24) is 14.5 Å². The molecule has 0 bridgehead atoms. The van der Waals surface area contributed by atoms with Gasteiger partial charge in [0, 0.05) is 11.8 Å². The van der Waals surface area contributed by atoms with Crippen LogP contribution in [0.4, 0.5) is 0 Å². The maximum atomic E-state index is 10.2. The zero-order valence-corrected chi connectivity index (χ0v) is 13.0. The van der Waals surface area contributed by atoms with Crippen molar-refractivity contribution in [3.63, 3.8) is 0 Å². The quantitative estimate of drug-likeness (QED) is 0.643. The van der Waals surface area contributed by atoms with Gasteiger partial charge in [-0.05, 0) is 6.07 Å². The molecule has 3 aromatic rings. The molecule has 3 N–H and O–H groups in total. The van der Waals surface area contributed by atoms with Crippen molar-refractivity contribution >= 4 is 22.6 Å². The molecule has 4 rings (SSSR count). The molecule has 0 aliphatic carbocycles. The summed E-state index contributed by atoms with van der Waals surface area (Å²) in [5.41, 5.74) is 1.77. The van der Waals surface area contributed by atoms with E-state index in [1.165, 1.54) is 17.2 Å². The van der Waals surface area contributed by atoms with Crippen molar-refractivity contribution < 1.29 is 24.5 Å². The van der Waals surface area contributed by atoms with E-state index in [1.807, 2.05) is 0 Å². The highest BCUT2D eigenvalue weighted by Gasteiger charge is 2.44. The van der Waals surface area contributed by atoms with Crippen LogP contribution >= 0.6 is 11.6 Å². The maximum absolute atomic E-state index is 10.2. The van der Waals surface area contributed by atoms with Crippen LogP contribution in [0.3, 0.4) is 0 Å². The van der Waals surface area contributed by atoms with Gasteiger partial charge in [-0.25, -0.2) is 9.97 Å². The van der Waals surface area contributed by atoms with Gasteiger partial charge >= 0.3 is 0 Å². The number of hydrogen-bond acceptors (Lipinski definition) is 7. The van der Waals surface area contributed by atoms with Crippen LogP contribution in [0, 0.1) is 0 Å². The number of fused-ring (bicyclic) bond motifs is 1. The SMILES string of the molecule is OCC1O[C@@H](n2cc(Cl)c3c(-c4ccoc4)ncnc32)[C@@H](O)[C@H]1O. The van der Waals surface area contributed by atoms with Gasteiger partial charge < -0.3 is 29.0 Å². The standard InChI is InChI=1S/C15H14ClN3O5/c16-8-3-19(15-13(22)12(21)9(4-20)24-15)14-10(8)11(17-6-18-14)7-1-2-23-5-7/h1-3,5-6,9,12-13,15,20-22H,4H2/t9?,12-,13-,15+/m0/s1. The predicted octanol–water partition coefficient (Wildman–Crippen LogP) is 0.956. The fraction of sp³-hybridized carbons (Fsp3) is 0.333. The fourth-order valence-corrected chi connectivity index (χ4v) is 3.24. The molecule has 0 amide bonds. The minimum atomic E-state index is -1.22. The third kappa shape index (κ3) is 2.23. The van der Waals surface area contributed by atoms with Crippen LogP contribution in [0.5, 0.6) is 0 Å². The van der Waals surface area contributed by atoms with Gasteiger partial charge in [-0.3, -0.25) is 0 Å². The smallest absolute Gasteiger partial charge is 0.164 e. The van der Waals surface area contributed by atoms with Crippen molar-refractivity contribution in [2.75, 3.05) is 6.61 Å². The molecule has 126 valence electrons. The zero-order valence-electron chi connectivity index (χ0n) is 12.3. The number of furan rings is 1. The summed E-state index contributed by atoms with van der Waals surface area (Å²) in [6, 6.07) is 1.75. The number of nitrogens with zero attached hydrogens (tertiary/aromatic N) is 3. The second kappa shape index (κ2) is 5.83. The lowest BCUT2D eigenvalue weighted by atomic mass is 10.1. The van der Waals surface area contributed by atoms with Crippen molar-refractivity contribution in [2.45, 2.75) is 24.5 Å². The van der Waals surface area contributed by atoms with E-state index < -0.39 is 31.1 Å². The monoisotopic (exact) mass is 351 g/mol. The minimum Gasteiger partial charge on any atom is -0.472 e. The van der Waals surface area contributed by atoms with Gasteiger partial charge in [-0.2, -0.15) is 0 Å². The first kappa shape index (κ1) is 15.6.